The second kappa shape index (κ2) is 4.09. The number of nitrogens with zero attached hydrogens (tertiary/aromatic N) is 1. The van der Waals surface area contributed by atoms with E-state index in [2.05, 4.69) is 0 Å². The average Bonchev–Trinajstić information content (AvgIpc) is 2.32. The van der Waals surface area contributed by atoms with Gasteiger partial charge in [0.15, 0.2) is 0 Å². The largest absolute Gasteiger partial charge is 0.365 e. The van der Waals surface area contributed by atoms with E-state index in [-0.39, 0.29) is 0 Å². The number of primary amides is 1. The summed E-state index contributed by atoms with van der Waals surface area (Å²) in [7, 11) is 3.88. The number of hydrogen-bond acceptors (Lipinski definition) is 3. The van der Waals surface area contributed by atoms with Gasteiger partial charge in [-0.25, -0.2) is 0 Å². The zero-order valence-corrected chi connectivity index (χ0v) is 9.08. The maximum absolute atomic E-state index is 10.9. The summed E-state index contributed by atoms with van der Waals surface area (Å²) in [6.07, 6.45) is 0. The molecule has 0 aliphatic heterocycles. The molecule has 1 aromatic heterocycles. The average molecular weight is 219 g/mol. The van der Waals surface area contributed by atoms with Crippen molar-refractivity contribution < 1.29 is 4.79 Å². The number of halogens is 1. The van der Waals surface area contributed by atoms with Gasteiger partial charge in [-0.1, -0.05) is 11.6 Å². The lowest BCUT2D eigenvalue weighted by molar-refractivity contribution is 0.100. The summed E-state index contributed by atoms with van der Waals surface area (Å²) in [6.45, 7) is 0.725. The van der Waals surface area contributed by atoms with Gasteiger partial charge in [0.1, 0.15) is 4.88 Å². The van der Waals surface area contributed by atoms with Gasteiger partial charge in [-0.05, 0) is 25.0 Å². The third kappa shape index (κ3) is 2.43. The summed E-state index contributed by atoms with van der Waals surface area (Å²) in [4.78, 5) is 13.3. The molecule has 0 saturated heterocycles. The van der Waals surface area contributed by atoms with Crippen molar-refractivity contribution in [2.45, 2.75) is 6.54 Å². The van der Waals surface area contributed by atoms with Crippen molar-refractivity contribution in [1.82, 2.24) is 4.90 Å². The van der Waals surface area contributed by atoms with E-state index in [1.165, 1.54) is 11.3 Å². The quantitative estimate of drug-likeness (QED) is 0.837. The molecule has 1 aromatic rings. The van der Waals surface area contributed by atoms with Crippen molar-refractivity contribution in [2.24, 2.45) is 5.73 Å². The zero-order valence-electron chi connectivity index (χ0n) is 7.50. The molecule has 1 amide bonds. The molecular weight excluding hydrogens is 208 g/mol. The van der Waals surface area contributed by atoms with E-state index in [9.17, 15) is 4.79 Å². The Morgan fingerprint density at radius 2 is 2.31 bits per heavy atom. The molecule has 0 aromatic carbocycles. The molecule has 13 heavy (non-hydrogen) atoms. The summed E-state index contributed by atoms with van der Waals surface area (Å²) in [6, 6.07) is 0. The number of nitrogens with two attached hydrogens (primary N) is 1. The van der Waals surface area contributed by atoms with Crippen LogP contribution in [0.3, 0.4) is 0 Å². The van der Waals surface area contributed by atoms with Crippen LogP contribution in [-0.2, 0) is 6.54 Å². The van der Waals surface area contributed by atoms with Gasteiger partial charge in [0.2, 0.25) is 0 Å². The van der Waals surface area contributed by atoms with Crippen molar-refractivity contribution in [3.8, 4) is 0 Å². The second-order valence-corrected chi connectivity index (χ2v) is 4.26. The van der Waals surface area contributed by atoms with Crippen LogP contribution in [0.15, 0.2) is 5.38 Å². The lowest BCUT2D eigenvalue weighted by atomic mass is 10.3. The first-order valence-electron chi connectivity index (χ1n) is 3.72. The Bertz CT molecular complexity index is 322. The molecule has 0 fully saturated rings. The Labute approximate surface area is 86.1 Å². The van der Waals surface area contributed by atoms with E-state index in [4.69, 9.17) is 17.3 Å². The van der Waals surface area contributed by atoms with Crippen LogP contribution in [-0.4, -0.2) is 24.9 Å². The van der Waals surface area contributed by atoms with Crippen LogP contribution in [0.5, 0.6) is 0 Å². The fourth-order valence-corrected chi connectivity index (χ4v) is 2.20. The highest BCUT2D eigenvalue weighted by Gasteiger charge is 2.13. The van der Waals surface area contributed by atoms with E-state index in [0.29, 0.717) is 9.90 Å². The summed E-state index contributed by atoms with van der Waals surface area (Å²) in [5.74, 6) is -0.458. The van der Waals surface area contributed by atoms with Crippen LogP contribution in [0.25, 0.3) is 0 Å². The molecule has 0 atom stereocenters. The fourth-order valence-electron chi connectivity index (χ4n) is 0.993. The Morgan fingerprint density at radius 1 is 1.69 bits per heavy atom. The van der Waals surface area contributed by atoms with E-state index in [1.54, 1.807) is 0 Å². The predicted octanol–water partition coefficient (Wildman–Crippen LogP) is 1.56. The minimum Gasteiger partial charge on any atom is -0.365 e. The molecule has 0 radical (unpaired) electrons. The van der Waals surface area contributed by atoms with Crippen LogP contribution < -0.4 is 5.73 Å². The molecule has 0 bridgehead atoms. The summed E-state index contributed by atoms with van der Waals surface area (Å²) in [5.41, 5.74) is 6.08. The lowest BCUT2D eigenvalue weighted by Crippen LogP contribution is -2.12. The zero-order chi connectivity index (χ0) is 10.0. The second-order valence-electron chi connectivity index (χ2n) is 3.01. The molecule has 0 unspecified atom stereocenters. The number of amides is 1. The molecule has 5 heteroatoms. The van der Waals surface area contributed by atoms with E-state index >= 15 is 0 Å². The standard InChI is InChI=1S/C8H11ClN2OS/c1-11(2)3-5-4-13-7(6(5)9)8(10)12/h4H,3H2,1-2H3,(H2,10,12). The Kier molecular flexibility index (Phi) is 3.30. The first kappa shape index (κ1) is 10.5. The van der Waals surface area contributed by atoms with Crippen molar-refractivity contribution in [3.05, 3.63) is 20.8 Å². The van der Waals surface area contributed by atoms with Gasteiger partial charge in [-0.15, -0.1) is 11.3 Å². The van der Waals surface area contributed by atoms with Crippen LogP contribution in [0.1, 0.15) is 15.2 Å². The fraction of sp³-hybridized carbons (Fsp3) is 0.375. The minimum absolute atomic E-state index is 0.443. The van der Waals surface area contributed by atoms with Crippen LogP contribution in [0.2, 0.25) is 5.02 Å². The highest BCUT2D eigenvalue weighted by molar-refractivity contribution is 7.13. The third-order valence-corrected chi connectivity index (χ3v) is 3.10. The van der Waals surface area contributed by atoms with Gasteiger partial charge in [0, 0.05) is 6.54 Å². The third-order valence-electron chi connectivity index (χ3n) is 1.51. The maximum Gasteiger partial charge on any atom is 0.260 e. The first-order valence-corrected chi connectivity index (χ1v) is 4.98. The molecule has 0 aliphatic rings. The highest BCUT2D eigenvalue weighted by atomic mass is 35.5. The van der Waals surface area contributed by atoms with E-state index < -0.39 is 5.91 Å². The van der Waals surface area contributed by atoms with Crippen molar-refractivity contribution in [1.29, 1.82) is 0 Å². The van der Waals surface area contributed by atoms with Crippen LogP contribution in [0.4, 0.5) is 0 Å². The smallest absolute Gasteiger partial charge is 0.260 e. The molecule has 1 heterocycles. The Hall–Kier alpha value is -0.580. The van der Waals surface area contributed by atoms with Gasteiger partial charge in [0.25, 0.3) is 5.91 Å². The number of hydrogen-bond donors (Lipinski definition) is 1. The maximum atomic E-state index is 10.9. The van der Waals surface area contributed by atoms with Crippen molar-refractivity contribution >= 4 is 28.8 Å². The Morgan fingerprint density at radius 3 is 2.69 bits per heavy atom. The number of carbonyl (C=O) groups is 1. The minimum atomic E-state index is -0.458. The molecule has 0 aliphatic carbocycles. The Balaban J connectivity index is 2.93. The van der Waals surface area contributed by atoms with Crippen molar-refractivity contribution in [2.75, 3.05) is 14.1 Å². The van der Waals surface area contributed by atoms with Gasteiger partial charge >= 0.3 is 0 Å². The number of carbonyl (C=O) groups excluding carboxylic acids is 1. The normalized spacial score (nSPS) is 10.8. The number of rotatable bonds is 3. The van der Waals surface area contributed by atoms with Gasteiger partial charge < -0.3 is 10.6 Å². The van der Waals surface area contributed by atoms with Crippen LogP contribution >= 0.6 is 22.9 Å². The molecule has 1 rings (SSSR count). The van der Waals surface area contributed by atoms with Gasteiger partial charge in [-0.3, -0.25) is 4.79 Å². The summed E-state index contributed by atoms with van der Waals surface area (Å²) < 4.78 is 0. The van der Waals surface area contributed by atoms with E-state index in [0.717, 1.165) is 12.1 Å². The lowest BCUT2D eigenvalue weighted by Gasteiger charge is -2.07. The number of thiophene rings is 1. The highest BCUT2D eigenvalue weighted by Crippen LogP contribution is 2.27. The molecule has 3 nitrogen and oxygen atoms in total. The topological polar surface area (TPSA) is 46.3 Å². The molecule has 2 N–H and O–H groups in total. The monoisotopic (exact) mass is 218 g/mol. The van der Waals surface area contributed by atoms with Gasteiger partial charge in [-0.2, -0.15) is 0 Å². The van der Waals surface area contributed by atoms with E-state index in [1.807, 2.05) is 24.4 Å². The molecular formula is C8H11ClN2OS. The molecule has 0 spiro atoms. The first-order chi connectivity index (χ1) is 6.02. The SMILES string of the molecule is CN(C)Cc1csc(C(N)=O)c1Cl. The summed E-state index contributed by atoms with van der Waals surface area (Å²) in [5, 5.41) is 2.36. The van der Waals surface area contributed by atoms with Crippen molar-refractivity contribution in [3.63, 3.8) is 0 Å². The van der Waals surface area contributed by atoms with Crippen LogP contribution in [0, 0.1) is 0 Å². The molecule has 72 valence electrons. The van der Waals surface area contributed by atoms with Gasteiger partial charge in [0.05, 0.1) is 5.02 Å². The summed E-state index contributed by atoms with van der Waals surface area (Å²) >= 11 is 7.24. The predicted molar refractivity (Wildman–Crippen MR) is 55.2 cm³/mol. The molecule has 0 saturated carbocycles.